The highest BCUT2D eigenvalue weighted by molar-refractivity contribution is 7.15. The summed E-state index contributed by atoms with van der Waals surface area (Å²) >= 11 is 1.48. The maximum Gasteiger partial charge on any atom is 0.258 e. The first kappa shape index (κ1) is 18.6. The molecule has 1 amide bonds. The van der Waals surface area contributed by atoms with Crippen LogP contribution in [-0.4, -0.2) is 74.8 Å². The van der Waals surface area contributed by atoms with Crippen LogP contribution < -0.4 is 5.56 Å². The highest BCUT2D eigenvalue weighted by atomic mass is 32.1. The number of nitrogens with zero attached hydrogens (tertiary/aromatic N) is 5. The predicted molar refractivity (Wildman–Crippen MR) is 106 cm³/mol. The Morgan fingerprint density at radius 1 is 1.19 bits per heavy atom. The van der Waals surface area contributed by atoms with Crippen molar-refractivity contribution in [1.29, 1.82) is 0 Å². The lowest BCUT2D eigenvalue weighted by Gasteiger charge is -2.43. The number of amides is 1. The highest BCUT2D eigenvalue weighted by Gasteiger charge is 2.35. The molecule has 0 radical (unpaired) electrons. The summed E-state index contributed by atoms with van der Waals surface area (Å²) < 4.78 is 1.58. The fraction of sp³-hybridized carbons (Fsp3) is 0.632. The molecule has 7 nitrogen and oxygen atoms in total. The quantitative estimate of drug-likeness (QED) is 0.788. The molecule has 2 aromatic rings. The Hall–Kier alpha value is -1.77. The van der Waals surface area contributed by atoms with Gasteiger partial charge < -0.3 is 4.90 Å². The minimum Gasteiger partial charge on any atom is -0.339 e. The molecule has 0 aromatic carbocycles. The lowest BCUT2D eigenvalue weighted by atomic mass is 10.0. The molecule has 2 saturated heterocycles. The number of piperazine rings is 1. The molecule has 8 heteroatoms. The fourth-order valence-corrected chi connectivity index (χ4v) is 4.90. The molecule has 146 valence electrons. The van der Waals surface area contributed by atoms with Gasteiger partial charge in [0.25, 0.3) is 5.56 Å². The standard InChI is InChI=1S/C19H27N5O2S/c1-14(2)23-5-3-4-16(18(23)26)22-8-6-21(7-9-22)13-15-12-17(25)24-10-11-27-19(24)20-15/h10-12,14,16H,3-9,13H2,1-2H3. The van der Waals surface area contributed by atoms with Crippen molar-refractivity contribution in [2.45, 2.75) is 45.3 Å². The number of carbonyl (C=O) groups excluding carboxylic acids is 1. The van der Waals surface area contributed by atoms with E-state index < -0.39 is 0 Å². The summed E-state index contributed by atoms with van der Waals surface area (Å²) in [6.07, 6.45) is 3.82. The van der Waals surface area contributed by atoms with Crippen LogP contribution in [0.25, 0.3) is 4.96 Å². The monoisotopic (exact) mass is 389 g/mol. The maximum atomic E-state index is 12.8. The Morgan fingerprint density at radius 2 is 1.96 bits per heavy atom. The van der Waals surface area contributed by atoms with E-state index in [1.807, 2.05) is 10.3 Å². The van der Waals surface area contributed by atoms with E-state index in [0.717, 1.165) is 56.2 Å². The van der Waals surface area contributed by atoms with Crippen LogP contribution in [0, 0.1) is 0 Å². The summed E-state index contributed by atoms with van der Waals surface area (Å²) in [5.41, 5.74) is 0.812. The zero-order valence-corrected chi connectivity index (χ0v) is 16.8. The van der Waals surface area contributed by atoms with Crippen molar-refractivity contribution in [3.63, 3.8) is 0 Å². The molecule has 1 atom stereocenters. The second-order valence-electron chi connectivity index (χ2n) is 7.74. The number of rotatable bonds is 4. The molecule has 2 aliphatic rings. The number of hydrogen-bond acceptors (Lipinski definition) is 6. The number of fused-ring (bicyclic) bond motifs is 1. The molecule has 0 spiro atoms. The first-order valence-corrected chi connectivity index (χ1v) is 10.6. The van der Waals surface area contributed by atoms with Gasteiger partial charge >= 0.3 is 0 Å². The van der Waals surface area contributed by atoms with E-state index >= 15 is 0 Å². The molecular formula is C19H27N5O2S. The Morgan fingerprint density at radius 3 is 2.70 bits per heavy atom. The van der Waals surface area contributed by atoms with Gasteiger partial charge in [0.1, 0.15) is 0 Å². The molecule has 27 heavy (non-hydrogen) atoms. The van der Waals surface area contributed by atoms with Crippen LogP contribution >= 0.6 is 11.3 Å². The van der Waals surface area contributed by atoms with Crippen LogP contribution in [0.15, 0.2) is 22.4 Å². The van der Waals surface area contributed by atoms with Gasteiger partial charge in [-0.05, 0) is 26.7 Å². The molecular weight excluding hydrogens is 362 g/mol. The van der Waals surface area contributed by atoms with E-state index in [9.17, 15) is 9.59 Å². The van der Waals surface area contributed by atoms with E-state index in [4.69, 9.17) is 0 Å². The third kappa shape index (κ3) is 3.79. The smallest absolute Gasteiger partial charge is 0.258 e. The second-order valence-corrected chi connectivity index (χ2v) is 8.61. The highest BCUT2D eigenvalue weighted by Crippen LogP contribution is 2.21. The minimum absolute atomic E-state index is 0.0172. The lowest BCUT2D eigenvalue weighted by molar-refractivity contribution is -0.143. The van der Waals surface area contributed by atoms with Gasteiger partial charge in [-0.25, -0.2) is 4.98 Å². The molecule has 1 unspecified atom stereocenters. The second kappa shape index (κ2) is 7.69. The summed E-state index contributed by atoms with van der Waals surface area (Å²) in [4.78, 5) is 37.0. The van der Waals surface area contributed by atoms with Gasteiger partial charge in [0.05, 0.1) is 11.7 Å². The van der Waals surface area contributed by atoms with Gasteiger partial charge in [-0.1, -0.05) is 0 Å². The zero-order valence-electron chi connectivity index (χ0n) is 16.0. The van der Waals surface area contributed by atoms with E-state index in [-0.39, 0.29) is 17.6 Å². The van der Waals surface area contributed by atoms with Crippen LogP contribution in [0.5, 0.6) is 0 Å². The summed E-state index contributed by atoms with van der Waals surface area (Å²) in [5, 5.41) is 1.88. The molecule has 0 N–H and O–H groups in total. The van der Waals surface area contributed by atoms with Crippen molar-refractivity contribution >= 4 is 22.2 Å². The average Bonchev–Trinajstić information content (AvgIpc) is 3.12. The van der Waals surface area contributed by atoms with Gasteiger partial charge in [0, 0.05) is 63.0 Å². The van der Waals surface area contributed by atoms with Crippen molar-refractivity contribution in [3.05, 3.63) is 33.7 Å². The third-order valence-electron chi connectivity index (χ3n) is 5.66. The number of likely N-dealkylation sites (tertiary alicyclic amines) is 1. The van der Waals surface area contributed by atoms with Crippen LogP contribution in [0.4, 0.5) is 0 Å². The number of thiazole rings is 1. The summed E-state index contributed by atoms with van der Waals surface area (Å²) in [6.45, 7) is 9.35. The Kier molecular flexibility index (Phi) is 5.29. The van der Waals surface area contributed by atoms with Crippen LogP contribution in [0.1, 0.15) is 32.4 Å². The minimum atomic E-state index is -0.0172. The number of piperidine rings is 1. The van der Waals surface area contributed by atoms with E-state index in [2.05, 4.69) is 28.6 Å². The van der Waals surface area contributed by atoms with Gasteiger partial charge in [0.15, 0.2) is 4.96 Å². The summed E-state index contributed by atoms with van der Waals surface area (Å²) in [6, 6.07) is 1.95. The van der Waals surface area contributed by atoms with Crippen molar-refractivity contribution < 1.29 is 4.79 Å². The van der Waals surface area contributed by atoms with Crippen molar-refractivity contribution in [3.8, 4) is 0 Å². The molecule has 2 aromatic heterocycles. The SMILES string of the molecule is CC(C)N1CCCC(N2CCN(Cc3cc(=O)n4ccsc4n3)CC2)C1=O. The molecule has 4 rings (SSSR count). The lowest BCUT2D eigenvalue weighted by Crippen LogP contribution is -2.58. The van der Waals surface area contributed by atoms with E-state index in [0.29, 0.717) is 12.5 Å². The van der Waals surface area contributed by atoms with Gasteiger partial charge in [-0.2, -0.15) is 0 Å². The Balaban J connectivity index is 1.37. The van der Waals surface area contributed by atoms with Gasteiger partial charge in [-0.3, -0.25) is 23.8 Å². The molecule has 2 aliphatic heterocycles. The fourth-order valence-electron chi connectivity index (χ4n) is 4.16. The van der Waals surface area contributed by atoms with E-state index in [1.54, 1.807) is 16.7 Å². The van der Waals surface area contributed by atoms with Crippen LogP contribution in [-0.2, 0) is 11.3 Å². The zero-order chi connectivity index (χ0) is 19.0. The normalized spacial score (nSPS) is 22.9. The Bertz CT molecular complexity index is 868. The average molecular weight is 390 g/mol. The van der Waals surface area contributed by atoms with Crippen LogP contribution in [0.2, 0.25) is 0 Å². The number of hydrogen-bond donors (Lipinski definition) is 0. The van der Waals surface area contributed by atoms with Crippen molar-refractivity contribution in [2.75, 3.05) is 32.7 Å². The first-order chi connectivity index (χ1) is 13.0. The van der Waals surface area contributed by atoms with Gasteiger partial charge in [0.2, 0.25) is 5.91 Å². The molecule has 4 heterocycles. The number of aromatic nitrogens is 2. The molecule has 0 aliphatic carbocycles. The first-order valence-electron chi connectivity index (χ1n) is 9.75. The molecule has 0 bridgehead atoms. The number of carbonyl (C=O) groups is 1. The predicted octanol–water partition coefficient (Wildman–Crippen LogP) is 1.27. The third-order valence-corrected chi connectivity index (χ3v) is 6.41. The van der Waals surface area contributed by atoms with Gasteiger partial charge in [-0.15, -0.1) is 11.3 Å². The largest absolute Gasteiger partial charge is 0.339 e. The maximum absolute atomic E-state index is 12.8. The summed E-state index contributed by atoms with van der Waals surface area (Å²) in [7, 11) is 0. The molecule has 0 saturated carbocycles. The Labute approximate surface area is 163 Å². The molecule has 2 fully saturated rings. The summed E-state index contributed by atoms with van der Waals surface area (Å²) in [5.74, 6) is 0.294. The topological polar surface area (TPSA) is 61.2 Å². The van der Waals surface area contributed by atoms with Crippen molar-refractivity contribution in [1.82, 2.24) is 24.1 Å². The van der Waals surface area contributed by atoms with Crippen LogP contribution in [0.3, 0.4) is 0 Å². The van der Waals surface area contributed by atoms with E-state index in [1.165, 1.54) is 11.3 Å². The van der Waals surface area contributed by atoms with Crippen molar-refractivity contribution in [2.24, 2.45) is 0 Å².